The number of rotatable bonds is 4. The summed E-state index contributed by atoms with van der Waals surface area (Å²) in [5.74, 6) is 0.742. The predicted molar refractivity (Wildman–Crippen MR) is 57.5 cm³/mol. The Hall–Kier alpha value is -0.830. The van der Waals surface area contributed by atoms with Crippen molar-refractivity contribution in [1.29, 1.82) is 0 Å². The third-order valence-electron chi connectivity index (χ3n) is 2.79. The zero-order valence-electron chi connectivity index (χ0n) is 8.26. The summed E-state index contributed by atoms with van der Waals surface area (Å²) in [5, 5.41) is 3.82. The molecule has 1 N–H and O–H groups in total. The Balaban J connectivity index is 1.83. The summed E-state index contributed by atoms with van der Waals surface area (Å²) in [6.45, 7) is 3.25. The van der Waals surface area contributed by atoms with Crippen molar-refractivity contribution in [2.75, 3.05) is 11.9 Å². The quantitative estimate of drug-likeness (QED) is 0.832. The molecule has 0 unspecified atom stereocenters. The molecular weight excluding hydrogens is 198 g/mol. The van der Waals surface area contributed by atoms with Gasteiger partial charge in [0.05, 0.1) is 6.20 Å². The van der Waals surface area contributed by atoms with Gasteiger partial charge in [0.2, 0.25) is 0 Å². The largest absolute Gasteiger partial charge is 0.369 e. The van der Waals surface area contributed by atoms with E-state index < -0.39 is 0 Å². The van der Waals surface area contributed by atoms with Gasteiger partial charge in [-0.2, -0.15) is 0 Å². The van der Waals surface area contributed by atoms with Crippen LogP contribution in [0.15, 0.2) is 12.5 Å². The van der Waals surface area contributed by atoms with Crippen molar-refractivity contribution in [2.45, 2.75) is 26.2 Å². The standard InChI is InChI=1S/C10H14ClN3/c1-10(2-3-10)4-5-13-9-8(11)6-12-7-14-9/h6-7H,2-5H2,1H3,(H,12,13,14). The Morgan fingerprint density at radius 1 is 1.57 bits per heavy atom. The Morgan fingerprint density at radius 3 is 3.00 bits per heavy atom. The fourth-order valence-corrected chi connectivity index (χ4v) is 1.56. The van der Waals surface area contributed by atoms with Crippen LogP contribution in [0.25, 0.3) is 0 Å². The summed E-state index contributed by atoms with van der Waals surface area (Å²) in [4.78, 5) is 7.90. The average molecular weight is 212 g/mol. The van der Waals surface area contributed by atoms with Crippen molar-refractivity contribution in [3.8, 4) is 0 Å². The molecule has 1 fully saturated rings. The molecular formula is C10H14ClN3. The van der Waals surface area contributed by atoms with Crippen LogP contribution in [0.2, 0.25) is 5.02 Å². The van der Waals surface area contributed by atoms with E-state index in [0.29, 0.717) is 10.4 Å². The second-order valence-corrected chi connectivity index (χ2v) is 4.61. The first-order valence-corrected chi connectivity index (χ1v) is 5.27. The van der Waals surface area contributed by atoms with Gasteiger partial charge < -0.3 is 5.32 Å². The van der Waals surface area contributed by atoms with Gasteiger partial charge in [0.15, 0.2) is 0 Å². The van der Waals surface area contributed by atoms with Crippen molar-refractivity contribution in [3.63, 3.8) is 0 Å². The van der Waals surface area contributed by atoms with Gasteiger partial charge in [-0.15, -0.1) is 0 Å². The zero-order valence-corrected chi connectivity index (χ0v) is 9.01. The van der Waals surface area contributed by atoms with Crippen LogP contribution >= 0.6 is 11.6 Å². The molecule has 0 aliphatic heterocycles. The number of anilines is 1. The molecule has 4 heteroatoms. The van der Waals surface area contributed by atoms with Gasteiger partial charge in [-0.25, -0.2) is 9.97 Å². The van der Waals surface area contributed by atoms with Gasteiger partial charge in [0.25, 0.3) is 0 Å². The van der Waals surface area contributed by atoms with E-state index >= 15 is 0 Å². The van der Waals surface area contributed by atoms with Crippen molar-refractivity contribution in [1.82, 2.24) is 9.97 Å². The molecule has 1 aromatic heterocycles. The van der Waals surface area contributed by atoms with Gasteiger partial charge in [-0.3, -0.25) is 0 Å². The molecule has 0 bridgehead atoms. The Bertz CT molecular complexity index is 323. The lowest BCUT2D eigenvalue weighted by Crippen LogP contribution is -2.08. The maximum Gasteiger partial charge on any atom is 0.148 e. The van der Waals surface area contributed by atoms with Crippen LogP contribution in [-0.4, -0.2) is 16.5 Å². The molecule has 2 rings (SSSR count). The first-order chi connectivity index (χ1) is 6.70. The summed E-state index contributed by atoms with van der Waals surface area (Å²) in [5.41, 5.74) is 0.576. The Morgan fingerprint density at radius 2 is 2.36 bits per heavy atom. The number of nitrogens with one attached hydrogen (secondary N) is 1. The maximum absolute atomic E-state index is 5.90. The van der Waals surface area contributed by atoms with Crippen LogP contribution in [-0.2, 0) is 0 Å². The van der Waals surface area contributed by atoms with Crippen molar-refractivity contribution in [2.24, 2.45) is 5.41 Å². The van der Waals surface area contributed by atoms with Crippen LogP contribution in [0.4, 0.5) is 5.82 Å². The molecule has 1 saturated carbocycles. The number of halogens is 1. The minimum Gasteiger partial charge on any atom is -0.369 e. The molecule has 1 aliphatic rings. The molecule has 0 amide bonds. The highest BCUT2D eigenvalue weighted by Crippen LogP contribution is 2.47. The maximum atomic E-state index is 5.90. The fourth-order valence-electron chi connectivity index (χ4n) is 1.39. The third-order valence-corrected chi connectivity index (χ3v) is 3.07. The normalized spacial score (nSPS) is 17.9. The highest BCUT2D eigenvalue weighted by molar-refractivity contribution is 6.32. The van der Waals surface area contributed by atoms with E-state index in [9.17, 15) is 0 Å². The minimum atomic E-state index is 0.576. The monoisotopic (exact) mass is 211 g/mol. The zero-order chi connectivity index (χ0) is 10.0. The summed E-state index contributed by atoms with van der Waals surface area (Å²) in [7, 11) is 0. The van der Waals surface area contributed by atoms with E-state index in [4.69, 9.17) is 11.6 Å². The highest BCUT2D eigenvalue weighted by atomic mass is 35.5. The average Bonchev–Trinajstić information content (AvgIpc) is 2.88. The lowest BCUT2D eigenvalue weighted by molar-refractivity contribution is 0.536. The first kappa shape index (κ1) is 9.71. The molecule has 0 aromatic carbocycles. The first-order valence-electron chi connectivity index (χ1n) is 4.89. The Labute approximate surface area is 88.9 Å². The van der Waals surface area contributed by atoms with E-state index in [0.717, 1.165) is 12.4 Å². The highest BCUT2D eigenvalue weighted by Gasteiger charge is 2.36. The van der Waals surface area contributed by atoms with Crippen LogP contribution in [0.3, 0.4) is 0 Å². The van der Waals surface area contributed by atoms with Crippen molar-refractivity contribution >= 4 is 17.4 Å². The number of nitrogens with zero attached hydrogens (tertiary/aromatic N) is 2. The van der Waals surface area contributed by atoms with E-state index in [1.54, 1.807) is 6.20 Å². The summed E-state index contributed by atoms with van der Waals surface area (Å²) >= 11 is 5.90. The number of hydrogen-bond donors (Lipinski definition) is 1. The lowest BCUT2D eigenvalue weighted by atomic mass is 10.1. The predicted octanol–water partition coefficient (Wildman–Crippen LogP) is 2.73. The van der Waals surface area contributed by atoms with Gasteiger partial charge in [-0.05, 0) is 24.7 Å². The topological polar surface area (TPSA) is 37.8 Å². The molecule has 0 saturated heterocycles. The fraction of sp³-hybridized carbons (Fsp3) is 0.600. The molecule has 76 valence electrons. The van der Waals surface area contributed by atoms with E-state index in [-0.39, 0.29) is 0 Å². The van der Waals surface area contributed by atoms with Crippen LogP contribution < -0.4 is 5.32 Å². The van der Waals surface area contributed by atoms with E-state index in [1.165, 1.54) is 25.6 Å². The molecule has 14 heavy (non-hydrogen) atoms. The van der Waals surface area contributed by atoms with Crippen molar-refractivity contribution < 1.29 is 0 Å². The summed E-state index contributed by atoms with van der Waals surface area (Å²) in [6, 6.07) is 0. The number of hydrogen-bond acceptors (Lipinski definition) is 3. The summed E-state index contributed by atoms with van der Waals surface area (Å²) in [6.07, 6.45) is 7.01. The van der Waals surface area contributed by atoms with Gasteiger partial charge in [0, 0.05) is 6.54 Å². The van der Waals surface area contributed by atoms with Crippen LogP contribution in [0.1, 0.15) is 26.2 Å². The van der Waals surface area contributed by atoms with Crippen LogP contribution in [0, 0.1) is 5.41 Å². The molecule has 1 aliphatic carbocycles. The van der Waals surface area contributed by atoms with E-state index in [2.05, 4.69) is 22.2 Å². The molecule has 0 radical (unpaired) electrons. The van der Waals surface area contributed by atoms with Crippen LogP contribution in [0.5, 0.6) is 0 Å². The molecule has 3 nitrogen and oxygen atoms in total. The number of aromatic nitrogens is 2. The van der Waals surface area contributed by atoms with E-state index in [1.807, 2.05) is 0 Å². The van der Waals surface area contributed by atoms with Gasteiger partial charge >= 0.3 is 0 Å². The van der Waals surface area contributed by atoms with Crippen molar-refractivity contribution in [3.05, 3.63) is 17.5 Å². The molecule has 1 heterocycles. The smallest absolute Gasteiger partial charge is 0.148 e. The minimum absolute atomic E-state index is 0.576. The second kappa shape index (κ2) is 3.73. The molecule has 0 spiro atoms. The molecule has 1 aromatic rings. The lowest BCUT2D eigenvalue weighted by Gasteiger charge is -2.09. The SMILES string of the molecule is CC1(CCNc2ncncc2Cl)CC1. The van der Waals surface area contributed by atoms with Gasteiger partial charge in [0.1, 0.15) is 17.2 Å². The Kier molecular flexibility index (Phi) is 2.59. The van der Waals surface area contributed by atoms with Gasteiger partial charge in [-0.1, -0.05) is 18.5 Å². The summed E-state index contributed by atoms with van der Waals surface area (Å²) < 4.78 is 0. The second-order valence-electron chi connectivity index (χ2n) is 4.21. The molecule has 0 atom stereocenters. The third kappa shape index (κ3) is 2.35.